The van der Waals surface area contributed by atoms with Crippen LogP contribution in [-0.2, 0) is 0 Å². The average molecular weight is 258 g/mol. The quantitative estimate of drug-likeness (QED) is 0.827. The zero-order valence-electron chi connectivity index (χ0n) is 11.1. The van der Waals surface area contributed by atoms with Crippen LogP contribution < -0.4 is 10.5 Å². The molecular weight excluding hydrogens is 240 g/mol. The molecule has 0 aliphatic rings. The number of anilines is 1. The Morgan fingerprint density at radius 2 is 1.95 bits per heavy atom. The van der Waals surface area contributed by atoms with E-state index in [0.717, 1.165) is 0 Å². The second-order valence-corrected chi connectivity index (χ2v) is 4.65. The van der Waals surface area contributed by atoms with Gasteiger partial charge < -0.3 is 15.6 Å². The summed E-state index contributed by atoms with van der Waals surface area (Å²) in [6.45, 7) is 3.89. The molecule has 1 aromatic carbocycles. The number of aliphatic hydroxyl groups excluding tert-OH is 1. The van der Waals surface area contributed by atoms with Crippen LogP contribution in [-0.4, -0.2) is 16.2 Å². The number of nitrogen functional groups attached to an aromatic ring is 1. The summed E-state index contributed by atoms with van der Waals surface area (Å²) in [6.07, 6.45) is 2.51. The van der Waals surface area contributed by atoms with Gasteiger partial charge in [0.05, 0.1) is 12.3 Å². The first-order chi connectivity index (χ1) is 9.08. The van der Waals surface area contributed by atoms with Gasteiger partial charge in [0.2, 0.25) is 0 Å². The first kappa shape index (κ1) is 13.4. The molecule has 0 spiro atoms. The summed E-state index contributed by atoms with van der Waals surface area (Å²) in [5, 5.41) is 10.4. The molecule has 1 heterocycles. The predicted octanol–water partition coefficient (Wildman–Crippen LogP) is 2.53. The summed E-state index contributed by atoms with van der Waals surface area (Å²) >= 11 is 0. The van der Waals surface area contributed by atoms with Gasteiger partial charge in [0.1, 0.15) is 11.9 Å². The Kier molecular flexibility index (Phi) is 4.02. The maximum atomic E-state index is 10.4. The topological polar surface area (TPSA) is 68.4 Å². The Morgan fingerprint density at radius 3 is 2.63 bits per heavy atom. The minimum atomic E-state index is -0.801. The first-order valence-corrected chi connectivity index (χ1v) is 6.22. The van der Waals surface area contributed by atoms with Crippen molar-refractivity contribution in [2.24, 2.45) is 0 Å². The van der Waals surface area contributed by atoms with Gasteiger partial charge in [-0.05, 0) is 26.0 Å². The summed E-state index contributed by atoms with van der Waals surface area (Å²) < 4.78 is 5.57. The van der Waals surface area contributed by atoms with E-state index in [4.69, 9.17) is 10.5 Å². The lowest BCUT2D eigenvalue weighted by Crippen LogP contribution is -2.08. The van der Waals surface area contributed by atoms with Crippen molar-refractivity contribution in [2.45, 2.75) is 26.1 Å². The largest absolute Gasteiger partial charge is 0.489 e. The van der Waals surface area contributed by atoms with Gasteiger partial charge in [-0.25, -0.2) is 0 Å². The molecule has 2 aromatic rings. The molecule has 0 amide bonds. The number of ether oxygens (including phenoxy) is 1. The van der Waals surface area contributed by atoms with Gasteiger partial charge in [0.25, 0.3) is 0 Å². The Hall–Kier alpha value is -2.07. The highest BCUT2D eigenvalue weighted by atomic mass is 16.5. The highest BCUT2D eigenvalue weighted by Gasteiger charge is 2.14. The zero-order valence-corrected chi connectivity index (χ0v) is 11.1. The highest BCUT2D eigenvalue weighted by Crippen LogP contribution is 2.27. The van der Waals surface area contributed by atoms with Gasteiger partial charge in [-0.2, -0.15) is 0 Å². The smallest absolute Gasteiger partial charge is 0.138 e. The van der Waals surface area contributed by atoms with E-state index in [9.17, 15) is 5.11 Å². The number of benzene rings is 1. The summed E-state index contributed by atoms with van der Waals surface area (Å²) in [7, 11) is 0. The van der Waals surface area contributed by atoms with Crippen LogP contribution in [0.5, 0.6) is 5.75 Å². The average Bonchev–Trinajstić information content (AvgIpc) is 2.38. The number of aliphatic hydroxyl groups is 1. The van der Waals surface area contributed by atoms with Crippen LogP contribution in [0.1, 0.15) is 31.1 Å². The monoisotopic (exact) mass is 258 g/mol. The number of rotatable bonds is 4. The number of pyridine rings is 1. The van der Waals surface area contributed by atoms with E-state index in [2.05, 4.69) is 4.98 Å². The molecule has 0 saturated heterocycles. The van der Waals surface area contributed by atoms with Gasteiger partial charge in [-0.3, -0.25) is 4.98 Å². The van der Waals surface area contributed by atoms with E-state index in [-0.39, 0.29) is 6.10 Å². The maximum absolute atomic E-state index is 10.4. The second-order valence-electron chi connectivity index (χ2n) is 4.65. The number of nitrogens with zero attached hydrogens (tertiary/aromatic N) is 1. The molecule has 3 N–H and O–H groups in total. The van der Waals surface area contributed by atoms with Crippen LogP contribution in [0.4, 0.5) is 5.69 Å². The van der Waals surface area contributed by atoms with E-state index < -0.39 is 6.10 Å². The lowest BCUT2D eigenvalue weighted by molar-refractivity contribution is 0.216. The normalized spacial score (nSPS) is 12.4. The van der Waals surface area contributed by atoms with Crippen LogP contribution in [0.3, 0.4) is 0 Å². The predicted molar refractivity (Wildman–Crippen MR) is 74.9 cm³/mol. The zero-order chi connectivity index (χ0) is 13.8. The fraction of sp³-hybridized carbons (Fsp3) is 0.267. The van der Waals surface area contributed by atoms with Crippen molar-refractivity contribution in [2.75, 3.05) is 5.73 Å². The summed E-state index contributed by atoms with van der Waals surface area (Å²) in [6, 6.07) is 9.03. The number of aromatic nitrogens is 1. The Balaban J connectivity index is 2.29. The van der Waals surface area contributed by atoms with Crippen LogP contribution in [0.15, 0.2) is 42.7 Å². The minimum absolute atomic E-state index is 0.0657. The minimum Gasteiger partial charge on any atom is -0.489 e. The maximum Gasteiger partial charge on any atom is 0.138 e. The molecule has 1 aromatic heterocycles. The Bertz CT molecular complexity index is 555. The van der Waals surface area contributed by atoms with Crippen molar-refractivity contribution in [3.05, 3.63) is 53.9 Å². The van der Waals surface area contributed by atoms with Crippen molar-refractivity contribution < 1.29 is 9.84 Å². The van der Waals surface area contributed by atoms with Crippen LogP contribution in [0.25, 0.3) is 0 Å². The van der Waals surface area contributed by atoms with Gasteiger partial charge in [-0.15, -0.1) is 0 Å². The molecule has 0 fully saturated rings. The van der Waals surface area contributed by atoms with Gasteiger partial charge >= 0.3 is 0 Å². The molecule has 4 heteroatoms. The second kappa shape index (κ2) is 5.71. The van der Waals surface area contributed by atoms with Gasteiger partial charge in [0, 0.05) is 23.0 Å². The molecule has 0 radical (unpaired) electrons. The number of hydrogen-bond donors (Lipinski definition) is 2. The summed E-state index contributed by atoms with van der Waals surface area (Å²) in [4.78, 5) is 4.09. The Labute approximate surface area is 112 Å². The van der Waals surface area contributed by atoms with Crippen molar-refractivity contribution in [1.29, 1.82) is 0 Å². The molecule has 0 saturated carbocycles. The molecule has 2 rings (SSSR count). The van der Waals surface area contributed by atoms with Crippen molar-refractivity contribution in [3.63, 3.8) is 0 Å². The SMILES string of the molecule is CC(C)Oc1cncc(C(O)c2ccccc2N)c1. The lowest BCUT2D eigenvalue weighted by Gasteiger charge is -2.15. The first-order valence-electron chi connectivity index (χ1n) is 6.22. The molecule has 0 aliphatic heterocycles. The summed E-state index contributed by atoms with van der Waals surface area (Å²) in [5.74, 6) is 0.640. The summed E-state index contributed by atoms with van der Waals surface area (Å²) in [5.41, 5.74) is 7.76. The van der Waals surface area contributed by atoms with Gasteiger partial charge in [-0.1, -0.05) is 18.2 Å². The van der Waals surface area contributed by atoms with E-state index in [1.165, 1.54) is 0 Å². The van der Waals surface area contributed by atoms with Crippen molar-refractivity contribution in [1.82, 2.24) is 4.98 Å². The van der Waals surface area contributed by atoms with E-state index in [0.29, 0.717) is 22.6 Å². The molecule has 0 aliphatic carbocycles. The molecule has 0 bridgehead atoms. The van der Waals surface area contributed by atoms with Crippen molar-refractivity contribution >= 4 is 5.69 Å². The molecule has 100 valence electrons. The third-order valence-electron chi connectivity index (χ3n) is 2.71. The molecule has 1 unspecified atom stereocenters. The number of para-hydroxylation sites is 1. The molecule has 4 nitrogen and oxygen atoms in total. The van der Waals surface area contributed by atoms with Gasteiger partial charge in [0.15, 0.2) is 0 Å². The van der Waals surface area contributed by atoms with E-state index in [1.54, 1.807) is 30.6 Å². The fourth-order valence-electron chi connectivity index (χ4n) is 1.86. The molecule has 19 heavy (non-hydrogen) atoms. The number of nitrogens with two attached hydrogens (primary N) is 1. The van der Waals surface area contributed by atoms with Crippen molar-refractivity contribution in [3.8, 4) is 5.75 Å². The fourth-order valence-corrected chi connectivity index (χ4v) is 1.86. The number of hydrogen-bond acceptors (Lipinski definition) is 4. The highest BCUT2D eigenvalue weighted by molar-refractivity contribution is 5.50. The van der Waals surface area contributed by atoms with E-state index >= 15 is 0 Å². The van der Waals surface area contributed by atoms with Crippen LogP contribution in [0.2, 0.25) is 0 Å². The lowest BCUT2D eigenvalue weighted by atomic mass is 10.0. The molecular formula is C15H18N2O2. The molecule has 1 atom stereocenters. The standard InChI is InChI=1S/C15H18N2O2/c1-10(2)19-12-7-11(8-17-9-12)15(18)13-5-3-4-6-14(13)16/h3-10,15,18H,16H2,1-2H3. The van der Waals surface area contributed by atoms with E-state index in [1.807, 2.05) is 26.0 Å². The van der Waals surface area contributed by atoms with Crippen LogP contribution >= 0.6 is 0 Å². The Morgan fingerprint density at radius 1 is 1.21 bits per heavy atom. The third kappa shape index (κ3) is 3.23. The third-order valence-corrected chi connectivity index (χ3v) is 2.71. The van der Waals surface area contributed by atoms with Crippen LogP contribution in [0, 0.1) is 0 Å².